The molecule has 0 aromatic carbocycles. The molecule has 6 aliphatic carbocycles. The van der Waals surface area contributed by atoms with Crippen LogP contribution < -0.4 is 0 Å². The van der Waals surface area contributed by atoms with Crippen LogP contribution in [-0.4, -0.2) is 68.2 Å². The zero-order valence-electron chi connectivity index (χ0n) is 18.6. The zero-order valence-corrected chi connectivity index (χ0v) is 18.6. The minimum absolute atomic E-state index is 0.0885. The molecule has 0 aromatic rings. The molecule has 0 aromatic heterocycles. The minimum Gasteiger partial charge on any atom is -0.456 e. The molecule has 29 heavy (non-hydrogen) atoms. The smallest absolute Gasteiger partial charge is 0.456 e. The van der Waals surface area contributed by atoms with Crippen molar-refractivity contribution in [2.24, 2.45) is 22.7 Å². The highest BCUT2D eigenvalue weighted by Crippen LogP contribution is 2.66. The van der Waals surface area contributed by atoms with E-state index in [1.807, 2.05) is 0 Å². The summed E-state index contributed by atoms with van der Waals surface area (Å²) in [6.45, 7) is 11.8. The van der Waals surface area contributed by atoms with E-state index in [1.54, 1.807) is 13.8 Å². The fourth-order valence-corrected chi connectivity index (χ4v) is 6.27. The van der Waals surface area contributed by atoms with E-state index in [9.17, 15) is 20.4 Å². The Hall–Kier alpha value is -0.150. The average molecular weight is 412 g/mol. The van der Waals surface area contributed by atoms with Crippen LogP contribution in [0.25, 0.3) is 0 Å². The Balaban J connectivity index is 0.000000170. The standard InChI is InChI=1S/2C10H18O2.B2H2O3/c2*1-8(2)7-4-5-9(3,11)10(8,12)6-7;3-1-5-2-4/h2*7,11-12H,4-6H2,1-3H3;3-4H. The third kappa shape index (κ3) is 3.60. The normalized spacial score (nSPS) is 47.7. The van der Waals surface area contributed by atoms with Gasteiger partial charge < -0.3 is 35.0 Å². The van der Waals surface area contributed by atoms with Crippen LogP contribution in [-0.2, 0) is 4.57 Å². The first-order chi connectivity index (χ1) is 13.0. The molecule has 0 saturated heterocycles. The Kier molecular flexibility index (Phi) is 6.72. The lowest BCUT2D eigenvalue weighted by Gasteiger charge is -2.68. The molecule has 6 unspecified atom stereocenters. The van der Waals surface area contributed by atoms with Crippen LogP contribution in [0.3, 0.4) is 0 Å². The fraction of sp³-hybridized carbons (Fsp3) is 1.00. The molecule has 0 spiro atoms. The lowest BCUT2D eigenvalue weighted by atomic mass is 9.41. The highest BCUT2D eigenvalue weighted by atomic mass is 16.5. The van der Waals surface area contributed by atoms with Crippen molar-refractivity contribution in [3.05, 3.63) is 0 Å². The van der Waals surface area contributed by atoms with Crippen LogP contribution in [0, 0.1) is 22.7 Å². The van der Waals surface area contributed by atoms with Crippen molar-refractivity contribution in [2.45, 2.75) is 102 Å². The predicted molar refractivity (Wildman–Crippen MR) is 110 cm³/mol. The van der Waals surface area contributed by atoms with E-state index in [0.29, 0.717) is 27.2 Å². The Morgan fingerprint density at radius 3 is 1.10 bits per heavy atom. The third-order valence-electron chi connectivity index (χ3n) is 9.12. The fourth-order valence-electron chi connectivity index (χ4n) is 6.27. The molecule has 2 radical (unpaired) electrons. The summed E-state index contributed by atoms with van der Waals surface area (Å²) in [5, 5.41) is 55.6. The number of aliphatic hydroxyl groups is 4. The third-order valence-corrected chi connectivity index (χ3v) is 9.12. The summed E-state index contributed by atoms with van der Waals surface area (Å²) in [4.78, 5) is 0. The Labute approximate surface area is 176 Å². The van der Waals surface area contributed by atoms with Crippen molar-refractivity contribution < 1.29 is 35.0 Å². The van der Waals surface area contributed by atoms with Gasteiger partial charge in [0.1, 0.15) is 0 Å². The van der Waals surface area contributed by atoms with Crippen LogP contribution in [0.1, 0.15) is 80.1 Å². The van der Waals surface area contributed by atoms with Crippen molar-refractivity contribution in [1.29, 1.82) is 0 Å². The van der Waals surface area contributed by atoms with Gasteiger partial charge >= 0.3 is 15.4 Å². The molecular weight excluding hydrogens is 374 g/mol. The highest BCUT2D eigenvalue weighted by molar-refractivity contribution is 6.32. The average Bonchev–Trinajstić information content (AvgIpc) is 2.61. The molecule has 0 amide bonds. The molecule has 6 N–H and O–H groups in total. The quantitative estimate of drug-likeness (QED) is 0.368. The molecule has 0 aliphatic heterocycles. The van der Waals surface area contributed by atoms with Crippen LogP contribution in [0.5, 0.6) is 0 Å². The topological polar surface area (TPSA) is 131 Å². The van der Waals surface area contributed by atoms with E-state index < -0.39 is 22.4 Å². The van der Waals surface area contributed by atoms with Crippen LogP contribution in [0.15, 0.2) is 0 Å². The molecule has 6 aliphatic rings. The summed E-state index contributed by atoms with van der Waals surface area (Å²) >= 11 is 0. The summed E-state index contributed by atoms with van der Waals surface area (Å²) in [5.74, 6) is 1.23. The Bertz CT molecular complexity index is 525. The molecule has 166 valence electrons. The van der Waals surface area contributed by atoms with Crippen molar-refractivity contribution in [1.82, 2.24) is 0 Å². The molecule has 4 bridgehead atoms. The number of fused-ring (bicyclic) bond motifs is 4. The zero-order chi connectivity index (χ0) is 22.5. The van der Waals surface area contributed by atoms with Crippen LogP contribution in [0.4, 0.5) is 0 Å². The van der Waals surface area contributed by atoms with Crippen molar-refractivity contribution >= 4 is 15.4 Å². The van der Waals surface area contributed by atoms with Gasteiger partial charge in [-0.2, -0.15) is 0 Å². The van der Waals surface area contributed by atoms with E-state index in [2.05, 4.69) is 32.3 Å². The molecular formula is C20H38B2O7. The summed E-state index contributed by atoms with van der Waals surface area (Å²) in [5.41, 5.74) is -3.58. The summed E-state index contributed by atoms with van der Waals surface area (Å²) in [6.07, 6.45) is 5.18. The summed E-state index contributed by atoms with van der Waals surface area (Å²) < 4.78 is 3.69. The second-order valence-electron chi connectivity index (χ2n) is 10.9. The van der Waals surface area contributed by atoms with E-state index in [0.717, 1.165) is 38.5 Å². The summed E-state index contributed by atoms with van der Waals surface area (Å²) in [7, 11) is 0.750. The van der Waals surface area contributed by atoms with Crippen molar-refractivity contribution in [3.63, 3.8) is 0 Å². The minimum atomic E-state index is -0.870. The highest BCUT2D eigenvalue weighted by Gasteiger charge is 2.70. The van der Waals surface area contributed by atoms with Crippen molar-refractivity contribution in [2.75, 3.05) is 0 Å². The first-order valence-corrected chi connectivity index (χ1v) is 10.5. The van der Waals surface area contributed by atoms with Gasteiger partial charge in [0.05, 0.1) is 22.4 Å². The molecule has 9 heteroatoms. The number of hydrogen-bond donors (Lipinski definition) is 6. The van der Waals surface area contributed by atoms with E-state index >= 15 is 0 Å². The van der Waals surface area contributed by atoms with Gasteiger partial charge in [-0.1, -0.05) is 27.7 Å². The maximum absolute atomic E-state index is 10.2. The Morgan fingerprint density at radius 2 is 0.966 bits per heavy atom. The monoisotopic (exact) mass is 412 g/mol. The van der Waals surface area contributed by atoms with E-state index in [-0.39, 0.29) is 10.8 Å². The van der Waals surface area contributed by atoms with Crippen LogP contribution >= 0.6 is 0 Å². The van der Waals surface area contributed by atoms with E-state index in [1.165, 1.54) is 0 Å². The summed E-state index contributed by atoms with van der Waals surface area (Å²) in [6, 6.07) is 0. The second-order valence-corrected chi connectivity index (χ2v) is 10.9. The first kappa shape index (κ1) is 25.1. The van der Waals surface area contributed by atoms with Crippen molar-refractivity contribution in [3.8, 4) is 0 Å². The second kappa shape index (κ2) is 7.76. The SMILES string of the molecule is CC1(O)CCC2CC1(O)C2(C)C.CC1(O)CCC2CC1(O)C2(C)C.O[B]O[B]O. The van der Waals surface area contributed by atoms with Gasteiger partial charge in [0.25, 0.3) is 0 Å². The largest absolute Gasteiger partial charge is 0.469 e. The van der Waals surface area contributed by atoms with Gasteiger partial charge in [0.15, 0.2) is 0 Å². The van der Waals surface area contributed by atoms with E-state index in [4.69, 9.17) is 10.0 Å². The molecule has 6 saturated carbocycles. The van der Waals surface area contributed by atoms with Gasteiger partial charge in [-0.25, -0.2) is 0 Å². The maximum Gasteiger partial charge on any atom is 0.469 e. The molecule has 6 fully saturated rings. The predicted octanol–water partition coefficient (Wildman–Crippen LogP) is 0.673. The number of rotatable bonds is 2. The molecule has 0 heterocycles. The van der Waals surface area contributed by atoms with Gasteiger partial charge in [-0.3, -0.25) is 0 Å². The molecule has 7 nitrogen and oxygen atoms in total. The lowest BCUT2D eigenvalue weighted by Crippen LogP contribution is -2.74. The van der Waals surface area contributed by atoms with Crippen LogP contribution in [0.2, 0.25) is 0 Å². The number of hydrogen-bond acceptors (Lipinski definition) is 7. The lowest BCUT2D eigenvalue weighted by molar-refractivity contribution is -0.312. The molecule has 6 atom stereocenters. The van der Waals surface area contributed by atoms with Gasteiger partial charge in [-0.15, -0.1) is 0 Å². The molecule has 6 rings (SSSR count). The maximum atomic E-state index is 10.2. The first-order valence-electron chi connectivity index (χ1n) is 10.5. The van der Waals surface area contributed by atoms with Gasteiger partial charge in [0.2, 0.25) is 0 Å². The Morgan fingerprint density at radius 1 is 0.655 bits per heavy atom. The van der Waals surface area contributed by atoms with Gasteiger partial charge in [0, 0.05) is 0 Å². The van der Waals surface area contributed by atoms with Gasteiger partial charge in [-0.05, 0) is 75.0 Å².